The van der Waals surface area contributed by atoms with Crippen molar-refractivity contribution in [3.8, 4) is 12.0 Å². The average Bonchev–Trinajstić information content (AvgIpc) is 1.59. The molecule has 0 spiro atoms. The lowest BCUT2D eigenvalue weighted by Crippen LogP contribution is -2.23. The van der Waals surface area contributed by atoms with Crippen molar-refractivity contribution in [3.05, 3.63) is 0 Å². The molecule has 0 heterocycles. The minimum Gasteiger partial charge on any atom is -0.462 e. The van der Waals surface area contributed by atoms with Crippen LogP contribution >= 0.6 is 0 Å². The van der Waals surface area contributed by atoms with Crippen LogP contribution in [0.3, 0.4) is 0 Å². The van der Waals surface area contributed by atoms with Crippen molar-refractivity contribution in [2.45, 2.75) is 32.8 Å². The summed E-state index contributed by atoms with van der Waals surface area (Å²) in [5.41, 5.74) is -1.04. The monoisotopic (exact) mass is 142 g/mol. The highest BCUT2D eigenvalue weighted by Crippen LogP contribution is 2.14. The molecule has 0 fully saturated rings. The van der Waals surface area contributed by atoms with Gasteiger partial charge in [-0.2, -0.15) is 0 Å². The second-order valence-electron chi connectivity index (χ2n) is 3.11. The van der Waals surface area contributed by atoms with Crippen LogP contribution in [0.25, 0.3) is 0 Å². The van der Waals surface area contributed by atoms with Gasteiger partial charge in [0.25, 0.3) is 0 Å². The van der Waals surface area contributed by atoms with Gasteiger partial charge in [-0.15, -0.1) is 0 Å². The molecule has 1 atom stereocenters. The SMILES string of the molecule is CC(C)CC(C)(O)C#CO. The van der Waals surface area contributed by atoms with E-state index >= 15 is 0 Å². The molecule has 58 valence electrons. The summed E-state index contributed by atoms with van der Waals surface area (Å²) >= 11 is 0. The number of rotatable bonds is 2. The maximum atomic E-state index is 9.35. The van der Waals surface area contributed by atoms with E-state index in [1.54, 1.807) is 13.0 Å². The molecule has 2 N–H and O–H groups in total. The topological polar surface area (TPSA) is 40.5 Å². The minimum atomic E-state index is -1.04. The van der Waals surface area contributed by atoms with Gasteiger partial charge in [0, 0.05) is 0 Å². The molecule has 0 saturated heterocycles. The summed E-state index contributed by atoms with van der Waals surface area (Å²) in [6, 6.07) is 0. The molecule has 10 heavy (non-hydrogen) atoms. The number of hydrogen-bond acceptors (Lipinski definition) is 2. The maximum absolute atomic E-state index is 9.35. The summed E-state index contributed by atoms with van der Waals surface area (Å²) in [7, 11) is 0. The third kappa shape index (κ3) is 4.22. The Balaban J connectivity index is 3.95. The minimum absolute atomic E-state index is 0.385. The molecule has 1 unspecified atom stereocenters. The standard InChI is InChI=1S/C8H14O2/c1-7(2)6-8(3,10)4-5-9/h7,9-10H,6H2,1-3H3. The van der Waals surface area contributed by atoms with Gasteiger partial charge in [-0.1, -0.05) is 13.8 Å². The van der Waals surface area contributed by atoms with Crippen LogP contribution in [0.15, 0.2) is 0 Å². The summed E-state index contributed by atoms with van der Waals surface area (Å²) in [6.07, 6.45) is 2.30. The van der Waals surface area contributed by atoms with E-state index in [9.17, 15) is 5.11 Å². The van der Waals surface area contributed by atoms with E-state index in [2.05, 4.69) is 5.92 Å². The molecular weight excluding hydrogens is 128 g/mol. The molecule has 0 aromatic heterocycles. The smallest absolute Gasteiger partial charge is 0.126 e. The first-order valence-electron chi connectivity index (χ1n) is 3.36. The van der Waals surface area contributed by atoms with Crippen LogP contribution in [0.5, 0.6) is 0 Å². The Kier molecular flexibility index (Phi) is 3.24. The molecule has 2 heteroatoms. The highest BCUT2D eigenvalue weighted by atomic mass is 16.3. The summed E-state index contributed by atoms with van der Waals surface area (Å²) in [5, 5.41) is 17.5. The van der Waals surface area contributed by atoms with Crippen molar-refractivity contribution < 1.29 is 10.2 Å². The Hall–Kier alpha value is -0.680. The van der Waals surface area contributed by atoms with E-state index in [0.717, 1.165) is 0 Å². The highest BCUT2D eigenvalue weighted by Gasteiger charge is 2.18. The molecule has 2 nitrogen and oxygen atoms in total. The van der Waals surface area contributed by atoms with Crippen molar-refractivity contribution in [1.82, 2.24) is 0 Å². The zero-order chi connectivity index (χ0) is 8.20. The fraction of sp³-hybridized carbons (Fsp3) is 0.750. The van der Waals surface area contributed by atoms with Gasteiger partial charge in [0.15, 0.2) is 0 Å². The van der Waals surface area contributed by atoms with Crippen molar-refractivity contribution in [2.24, 2.45) is 5.92 Å². The Bertz CT molecular complexity index is 148. The van der Waals surface area contributed by atoms with Crippen LogP contribution in [0.4, 0.5) is 0 Å². The third-order valence-electron chi connectivity index (χ3n) is 1.13. The molecule has 0 rings (SSSR count). The number of aliphatic hydroxyl groups excluding tert-OH is 1. The van der Waals surface area contributed by atoms with Gasteiger partial charge >= 0.3 is 0 Å². The van der Waals surface area contributed by atoms with Crippen LogP contribution in [-0.4, -0.2) is 15.8 Å². The molecule has 0 saturated carbocycles. The fourth-order valence-electron chi connectivity index (χ4n) is 0.966. The molecule has 0 aliphatic rings. The summed E-state index contributed by atoms with van der Waals surface area (Å²) in [6.45, 7) is 5.58. The molecule has 0 bridgehead atoms. The van der Waals surface area contributed by atoms with Crippen molar-refractivity contribution in [1.29, 1.82) is 0 Å². The predicted octanol–water partition coefficient (Wildman–Crippen LogP) is 1.12. The lowest BCUT2D eigenvalue weighted by molar-refractivity contribution is 0.0968. The molecular formula is C8H14O2. The highest BCUT2D eigenvalue weighted by molar-refractivity contribution is 5.07. The van der Waals surface area contributed by atoms with Crippen LogP contribution in [0, 0.1) is 17.9 Å². The lowest BCUT2D eigenvalue weighted by atomic mass is 9.95. The van der Waals surface area contributed by atoms with Crippen LogP contribution in [0.2, 0.25) is 0 Å². The van der Waals surface area contributed by atoms with Gasteiger partial charge in [-0.05, 0) is 25.2 Å². The van der Waals surface area contributed by atoms with E-state index < -0.39 is 5.60 Å². The van der Waals surface area contributed by atoms with Crippen molar-refractivity contribution in [3.63, 3.8) is 0 Å². The fourth-order valence-corrected chi connectivity index (χ4v) is 0.966. The van der Waals surface area contributed by atoms with E-state index in [0.29, 0.717) is 12.3 Å². The van der Waals surface area contributed by atoms with Gasteiger partial charge in [-0.3, -0.25) is 0 Å². The maximum Gasteiger partial charge on any atom is 0.126 e. The van der Waals surface area contributed by atoms with Crippen LogP contribution in [0.1, 0.15) is 27.2 Å². The van der Waals surface area contributed by atoms with Crippen LogP contribution < -0.4 is 0 Å². The molecule has 0 amide bonds. The average molecular weight is 142 g/mol. The van der Waals surface area contributed by atoms with Crippen LogP contribution in [-0.2, 0) is 0 Å². The first kappa shape index (κ1) is 9.32. The van der Waals surface area contributed by atoms with Gasteiger partial charge in [-0.25, -0.2) is 0 Å². The van der Waals surface area contributed by atoms with E-state index in [1.165, 1.54) is 0 Å². The Morgan fingerprint density at radius 3 is 2.30 bits per heavy atom. The number of aliphatic hydroxyl groups is 2. The second-order valence-corrected chi connectivity index (χ2v) is 3.11. The third-order valence-corrected chi connectivity index (χ3v) is 1.13. The predicted molar refractivity (Wildman–Crippen MR) is 39.8 cm³/mol. The zero-order valence-electron chi connectivity index (χ0n) is 6.68. The first-order chi connectivity index (χ1) is 4.48. The summed E-state index contributed by atoms with van der Waals surface area (Å²) in [4.78, 5) is 0. The lowest BCUT2D eigenvalue weighted by Gasteiger charge is -2.17. The van der Waals surface area contributed by atoms with E-state index in [4.69, 9.17) is 5.11 Å². The first-order valence-corrected chi connectivity index (χ1v) is 3.36. The molecule has 0 aliphatic heterocycles. The largest absolute Gasteiger partial charge is 0.462 e. The number of hydrogen-bond donors (Lipinski definition) is 2. The van der Waals surface area contributed by atoms with Crippen molar-refractivity contribution >= 4 is 0 Å². The Morgan fingerprint density at radius 1 is 1.50 bits per heavy atom. The Morgan fingerprint density at radius 2 is 2.00 bits per heavy atom. The summed E-state index contributed by atoms with van der Waals surface area (Å²) < 4.78 is 0. The van der Waals surface area contributed by atoms with Gasteiger partial charge in [0.05, 0.1) is 0 Å². The van der Waals surface area contributed by atoms with Gasteiger partial charge in [0.1, 0.15) is 11.7 Å². The zero-order valence-corrected chi connectivity index (χ0v) is 6.68. The summed E-state index contributed by atoms with van der Waals surface area (Å²) in [5.74, 6) is 2.70. The Labute approximate surface area is 61.9 Å². The normalized spacial score (nSPS) is 15.7. The molecule has 0 aromatic rings. The van der Waals surface area contributed by atoms with Gasteiger partial charge in [0.2, 0.25) is 0 Å². The van der Waals surface area contributed by atoms with Gasteiger partial charge < -0.3 is 10.2 Å². The van der Waals surface area contributed by atoms with E-state index in [-0.39, 0.29) is 0 Å². The molecule has 0 aliphatic carbocycles. The second kappa shape index (κ2) is 3.48. The molecule has 0 aromatic carbocycles. The van der Waals surface area contributed by atoms with E-state index in [1.807, 2.05) is 13.8 Å². The quantitative estimate of drug-likeness (QED) is 0.567. The van der Waals surface area contributed by atoms with Crippen molar-refractivity contribution in [2.75, 3.05) is 0 Å². The molecule has 0 radical (unpaired) electrons.